The van der Waals surface area contributed by atoms with Gasteiger partial charge in [-0.25, -0.2) is 54.8 Å². The predicted octanol–water partition coefficient (Wildman–Crippen LogP) is 19.2. The molecule has 6 aromatic heterocycles. The summed E-state index contributed by atoms with van der Waals surface area (Å²) in [7, 11) is -8.44. The number of methoxy groups -OCH3 is 2. The number of anilines is 3. The molecule has 5 N–H and O–H groups in total. The molecule has 6 heterocycles. The van der Waals surface area contributed by atoms with Crippen molar-refractivity contribution in [1.29, 1.82) is 15.8 Å². The van der Waals surface area contributed by atoms with Gasteiger partial charge in [-0.1, -0.05) is 272 Å². The maximum atomic E-state index is 13.4. The maximum absolute atomic E-state index is 13.4. The molecule has 0 spiro atoms. The Kier molecular flexibility index (Phi) is 32.2. The molecule has 0 aliphatic heterocycles. The number of nitrogens with one attached hydrogen (secondary N) is 3. The van der Waals surface area contributed by atoms with Gasteiger partial charge in [-0.2, -0.15) is 10.5 Å². The van der Waals surface area contributed by atoms with Crippen molar-refractivity contribution < 1.29 is 64.3 Å². The summed E-state index contributed by atoms with van der Waals surface area (Å²) in [6.45, 7) is 18.2. The number of hydrogen-bond donors (Lipinski definition) is 4. The quantitative estimate of drug-likeness (QED) is 0.0222. The van der Waals surface area contributed by atoms with Gasteiger partial charge in [0.05, 0.1) is 14.2 Å². The van der Waals surface area contributed by atoms with E-state index in [1.54, 1.807) is 80.3 Å². The number of nitrogens with two attached hydrogens (primary N) is 1. The van der Waals surface area contributed by atoms with E-state index in [1.807, 2.05) is 224 Å². The van der Waals surface area contributed by atoms with Gasteiger partial charge in [-0.3, -0.25) is 15.0 Å². The number of hydrogen-bond acceptors (Lipinski definition) is 20. The average molecular weight is 1890 g/mol. The molecule has 0 fully saturated rings. The van der Waals surface area contributed by atoms with Gasteiger partial charge < -0.3 is 36.4 Å². The molecule has 0 bridgehead atoms. The van der Waals surface area contributed by atoms with Gasteiger partial charge >= 0.3 is 29.6 Å². The first-order valence-electron chi connectivity index (χ1n) is 42.9. The van der Waals surface area contributed by atoms with Gasteiger partial charge in [0.2, 0.25) is 30.1 Å². The molecule has 0 aliphatic rings. The molecular weight excluding hydrogens is 1790 g/mol. The predicted molar refractivity (Wildman–Crippen MR) is 535 cm³/mol. The van der Waals surface area contributed by atoms with Crippen molar-refractivity contribution in [2.24, 2.45) is 5.14 Å². The van der Waals surface area contributed by atoms with Crippen molar-refractivity contribution in [3.8, 4) is 90.4 Å². The Bertz CT molecular complexity index is 7600. The molecule has 17 aromatic rings. The van der Waals surface area contributed by atoms with Crippen molar-refractivity contribution in [3.05, 3.63) is 391 Å². The Balaban J connectivity index is 0.000000172. The summed E-state index contributed by atoms with van der Waals surface area (Å²) in [6, 6.07) is 103. The SMILES string of the molecule is COc1ccc(CN(Cc2ccccc2)c2nc(C#N)c(-c3cncc(S(=O)(=O)NC(C)(C)C)c3)c3cccc(-c4ccccc4)c23)cc1.COc1ccc(CN(Cc2ccccc2)c2nc(Cl)c(-c3cncc(S(=O)(=O)NC(C)(C)C)c3)c3cccc(-c4ccccc4)c23)cc1.N#Cc1nc(NCc2ccccc2)c2c(-c3ccccc3)cccc2c1-c1cncc(S(N)(=O)=O)c1.[C-]#N.[Na+]. The third kappa shape index (κ3) is 24.0. The number of aromatic nitrogens is 6. The van der Waals surface area contributed by atoms with Crippen LogP contribution in [0, 0.1) is 34.5 Å². The van der Waals surface area contributed by atoms with Crippen molar-refractivity contribution in [2.75, 3.05) is 29.3 Å². The van der Waals surface area contributed by atoms with Crippen LogP contribution in [0.25, 0.3) is 99.1 Å². The first-order chi connectivity index (χ1) is 65.0. The van der Waals surface area contributed by atoms with Gasteiger partial charge in [0.1, 0.15) is 60.9 Å². The van der Waals surface area contributed by atoms with Crippen LogP contribution in [0.15, 0.2) is 355 Å². The molecular formula is C108H95ClN15NaO8S3. The van der Waals surface area contributed by atoms with Crippen LogP contribution in [0.2, 0.25) is 5.15 Å². The topological polar surface area (TPSA) is 338 Å². The number of primary sulfonamides is 1. The molecule has 0 unspecified atom stereocenters. The molecule has 0 aliphatic carbocycles. The number of pyridine rings is 6. The summed E-state index contributed by atoms with van der Waals surface area (Å²) >= 11 is 7.16. The minimum Gasteiger partial charge on any atom is -0.512 e. The smallest absolute Gasteiger partial charge is 0.512 e. The van der Waals surface area contributed by atoms with Crippen LogP contribution in [0.3, 0.4) is 0 Å². The minimum absolute atomic E-state index is 0. The van der Waals surface area contributed by atoms with Crippen LogP contribution < -0.4 is 68.7 Å². The maximum Gasteiger partial charge on any atom is 1.00 e. The van der Waals surface area contributed by atoms with Crippen molar-refractivity contribution in [2.45, 2.75) is 100 Å². The molecule has 0 amide bonds. The zero-order chi connectivity index (χ0) is 95.6. The third-order valence-electron chi connectivity index (χ3n) is 21.7. The fourth-order valence-corrected chi connectivity index (χ4v) is 19.6. The third-order valence-corrected chi connectivity index (χ3v) is 26.3. The van der Waals surface area contributed by atoms with Crippen LogP contribution in [0.4, 0.5) is 17.5 Å². The largest absolute Gasteiger partial charge is 1.00 e. The van der Waals surface area contributed by atoms with E-state index in [-0.39, 0.29) is 60.8 Å². The van der Waals surface area contributed by atoms with Crippen molar-refractivity contribution >= 4 is 91.4 Å². The fraction of sp³-hybridized carbons (Fsp3) is 0.139. The van der Waals surface area contributed by atoms with E-state index in [1.165, 1.54) is 30.9 Å². The number of halogens is 1. The number of nitrogens with zero attached hydrogens (tertiary/aromatic N) is 11. The first kappa shape index (κ1) is 99.1. The summed E-state index contributed by atoms with van der Waals surface area (Å²) in [5.74, 6) is 3.46. The van der Waals surface area contributed by atoms with Crippen LogP contribution in [0.1, 0.15) is 80.7 Å². The van der Waals surface area contributed by atoms with Crippen LogP contribution >= 0.6 is 11.6 Å². The van der Waals surface area contributed by atoms with E-state index in [0.717, 1.165) is 105 Å². The van der Waals surface area contributed by atoms with E-state index < -0.39 is 41.1 Å². The molecule has 0 radical (unpaired) electrons. The van der Waals surface area contributed by atoms with E-state index >= 15 is 0 Å². The molecule has 0 saturated heterocycles. The van der Waals surface area contributed by atoms with Gasteiger partial charge in [0.15, 0.2) is 11.4 Å². The Morgan fingerprint density at radius 2 is 0.699 bits per heavy atom. The molecule has 0 atom stereocenters. The van der Waals surface area contributed by atoms with Crippen molar-refractivity contribution in [3.63, 3.8) is 0 Å². The second kappa shape index (κ2) is 44.2. The van der Waals surface area contributed by atoms with Gasteiger partial charge in [-0.15, -0.1) is 0 Å². The summed E-state index contributed by atoms with van der Waals surface area (Å²) < 4.78 is 93.6. The normalized spacial score (nSPS) is 11.4. The molecule has 11 aromatic carbocycles. The second-order valence-corrected chi connectivity index (χ2v) is 38.9. The number of rotatable bonds is 26. The van der Waals surface area contributed by atoms with Gasteiger partial charge in [-0.05, 0) is 161 Å². The van der Waals surface area contributed by atoms with Crippen LogP contribution in [-0.2, 0) is 62.8 Å². The number of fused-ring (bicyclic) bond motifs is 3. The van der Waals surface area contributed by atoms with Crippen LogP contribution in [-0.4, -0.2) is 80.5 Å². The molecule has 136 heavy (non-hydrogen) atoms. The minimum atomic E-state index is -3.98. The zero-order valence-electron chi connectivity index (χ0n) is 76.2. The Morgan fingerprint density at radius 1 is 0.382 bits per heavy atom. The van der Waals surface area contributed by atoms with E-state index in [4.69, 9.17) is 53.0 Å². The summed E-state index contributed by atoms with van der Waals surface area (Å²) in [5, 5.41) is 40.9. The molecule has 28 heteroatoms. The number of benzene rings is 11. The van der Waals surface area contributed by atoms with E-state index in [2.05, 4.69) is 112 Å². The zero-order valence-corrected chi connectivity index (χ0v) is 81.4. The van der Waals surface area contributed by atoms with E-state index in [0.29, 0.717) is 83.6 Å². The Labute approximate surface area is 820 Å². The van der Waals surface area contributed by atoms with Crippen molar-refractivity contribution in [1.82, 2.24) is 39.3 Å². The number of nitriles is 2. The number of sulfonamides is 3. The molecule has 17 rings (SSSR count). The van der Waals surface area contributed by atoms with Crippen LogP contribution in [0.5, 0.6) is 11.5 Å². The van der Waals surface area contributed by atoms with Gasteiger partial charge in [0.25, 0.3) is 0 Å². The Morgan fingerprint density at radius 3 is 1.07 bits per heavy atom. The summed E-state index contributed by atoms with van der Waals surface area (Å²) in [5.41, 5.74) is 13.3. The first-order valence-corrected chi connectivity index (χ1v) is 47.8. The second-order valence-electron chi connectivity index (χ2n) is 33.7. The molecule has 23 nitrogen and oxygen atoms in total. The monoisotopic (exact) mass is 1880 g/mol. The molecule has 0 saturated carbocycles. The van der Waals surface area contributed by atoms with E-state index in [9.17, 15) is 35.8 Å². The molecule has 676 valence electrons. The summed E-state index contributed by atoms with van der Waals surface area (Å²) in [4.78, 5) is 32.0. The average Bonchev–Trinajstić information content (AvgIpc) is 0.744. The summed E-state index contributed by atoms with van der Waals surface area (Å²) in [6.07, 6.45) is 8.58. The fourth-order valence-electron chi connectivity index (χ4n) is 16.0. The standard InChI is InChI=1S/C40H37N5O3S.C39H37ClN4O3S.C28H21N5O2S.CN.Na/c1-40(2,3)44-49(46,47)33-22-31(24-42-25-33)37-35-17-11-16-34(30-14-9-6-10-15-30)38(35)39(43-36(37)23-41)45(26-28-12-7-5-8-13-28)27-29-18-20-32(48-4)21-19-29;1-39(2,3)43-48(45,46)32-22-30(23-41-24-32)35-34-17-11-16-33(29-14-9-6-10-15-29)36(34)38(42-37(35)40)44(25-27-12-7-5-8-13-27)26-28-18-20-31(47-4)21-19-28;29-15-25-26(21-14-22(18-31-17-21)36(30,34)35)24-13-7-12-23(20-10-5-2-6-11-20)27(24)28(33-25)32-16-19-8-3-1-4-9-19;1-2;/h5-22,24-25,44H,26-27H2,1-4H3;5-24,43H,25-26H2,1-4H3;1-14,17-18H,16H2,(H,32,33)(H2,30,34,35);;/q;;;-1;+1. The van der Waals surface area contributed by atoms with Gasteiger partial charge in [0, 0.05) is 131 Å². The number of ether oxygens (including phenoxy) is 2. The Hall–Kier alpha value is -14.4.